The lowest BCUT2D eigenvalue weighted by Crippen LogP contribution is -2.47. The van der Waals surface area contributed by atoms with E-state index in [4.69, 9.17) is 0 Å². The van der Waals surface area contributed by atoms with Crippen molar-refractivity contribution in [3.8, 4) is 0 Å². The summed E-state index contributed by atoms with van der Waals surface area (Å²) in [6.45, 7) is 5.30. The van der Waals surface area contributed by atoms with Crippen molar-refractivity contribution in [1.82, 2.24) is 5.32 Å². The van der Waals surface area contributed by atoms with Gasteiger partial charge in [0.2, 0.25) is 5.91 Å². The smallest absolute Gasteiger partial charge is 0.243 e. The number of likely N-dealkylation sites (N-methyl/N-ethyl adjacent to an activating group) is 1. The zero-order valence-electron chi connectivity index (χ0n) is 12.1. The second kappa shape index (κ2) is 6.20. The van der Waals surface area contributed by atoms with Gasteiger partial charge in [-0.25, -0.2) is 0 Å². The van der Waals surface area contributed by atoms with Crippen LogP contribution in [0.2, 0.25) is 0 Å². The van der Waals surface area contributed by atoms with E-state index in [1.807, 2.05) is 19.2 Å². The van der Waals surface area contributed by atoms with Crippen molar-refractivity contribution >= 4 is 11.6 Å². The Labute approximate surface area is 116 Å². The molecule has 1 heterocycles. The zero-order valence-corrected chi connectivity index (χ0v) is 12.1. The van der Waals surface area contributed by atoms with Gasteiger partial charge in [0.15, 0.2) is 0 Å². The molecule has 104 valence electrons. The van der Waals surface area contributed by atoms with Gasteiger partial charge in [0.05, 0.1) is 6.04 Å². The van der Waals surface area contributed by atoms with E-state index in [0.29, 0.717) is 5.92 Å². The summed E-state index contributed by atoms with van der Waals surface area (Å²) in [7, 11) is 1.87. The summed E-state index contributed by atoms with van der Waals surface area (Å²) in [6.07, 6.45) is 3.27. The minimum absolute atomic E-state index is 0.0125. The van der Waals surface area contributed by atoms with Crippen molar-refractivity contribution in [1.29, 1.82) is 0 Å². The number of carbonyl (C=O) groups excluding carboxylic acids is 1. The molecular formula is C16H24N2O. The Kier molecular flexibility index (Phi) is 4.59. The van der Waals surface area contributed by atoms with Crippen LogP contribution in [0, 0.1) is 0 Å². The van der Waals surface area contributed by atoms with Gasteiger partial charge in [0.1, 0.15) is 0 Å². The molecule has 1 aliphatic heterocycles. The molecule has 0 saturated carbocycles. The quantitative estimate of drug-likeness (QED) is 0.906. The third-order valence-corrected chi connectivity index (χ3v) is 3.86. The first-order valence-corrected chi connectivity index (χ1v) is 7.20. The number of piperidine rings is 1. The third kappa shape index (κ3) is 3.35. The Morgan fingerprint density at radius 2 is 2.16 bits per heavy atom. The minimum Gasteiger partial charge on any atom is -0.314 e. The van der Waals surface area contributed by atoms with Gasteiger partial charge >= 0.3 is 0 Å². The van der Waals surface area contributed by atoms with Gasteiger partial charge in [-0.05, 0) is 43.0 Å². The van der Waals surface area contributed by atoms with Gasteiger partial charge in [-0.2, -0.15) is 0 Å². The molecule has 2 rings (SSSR count). The molecule has 0 aromatic heterocycles. The van der Waals surface area contributed by atoms with E-state index in [1.165, 1.54) is 12.0 Å². The van der Waals surface area contributed by atoms with E-state index in [2.05, 4.69) is 31.3 Å². The number of amides is 1. The highest BCUT2D eigenvalue weighted by atomic mass is 16.2. The average molecular weight is 260 g/mol. The third-order valence-electron chi connectivity index (χ3n) is 3.86. The summed E-state index contributed by atoms with van der Waals surface area (Å²) in [5, 5.41) is 3.32. The van der Waals surface area contributed by atoms with Crippen LogP contribution in [0.1, 0.15) is 44.6 Å². The van der Waals surface area contributed by atoms with Crippen molar-refractivity contribution in [3.05, 3.63) is 29.8 Å². The Morgan fingerprint density at radius 1 is 1.37 bits per heavy atom. The van der Waals surface area contributed by atoms with E-state index >= 15 is 0 Å². The Balaban J connectivity index is 2.11. The number of rotatable bonds is 3. The van der Waals surface area contributed by atoms with E-state index < -0.39 is 0 Å². The first kappa shape index (κ1) is 14.1. The molecule has 1 unspecified atom stereocenters. The van der Waals surface area contributed by atoms with Crippen molar-refractivity contribution in [2.24, 2.45) is 0 Å². The SMILES string of the molecule is CC(C)c1cccc(N(C)C(=O)C2CCCCN2)c1. The van der Waals surface area contributed by atoms with E-state index in [0.717, 1.165) is 25.1 Å². The Morgan fingerprint density at radius 3 is 2.79 bits per heavy atom. The normalized spacial score (nSPS) is 19.5. The summed E-state index contributed by atoms with van der Waals surface area (Å²) in [4.78, 5) is 14.2. The first-order valence-electron chi connectivity index (χ1n) is 7.20. The van der Waals surface area contributed by atoms with Crippen LogP contribution < -0.4 is 10.2 Å². The molecule has 1 fully saturated rings. The molecular weight excluding hydrogens is 236 g/mol. The van der Waals surface area contributed by atoms with Crippen LogP contribution in [0.4, 0.5) is 5.69 Å². The number of nitrogens with one attached hydrogen (secondary N) is 1. The van der Waals surface area contributed by atoms with E-state index in [-0.39, 0.29) is 11.9 Å². The van der Waals surface area contributed by atoms with Crippen molar-refractivity contribution in [3.63, 3.8) is 0 Å². The Hall–Kier alpha value is -1.35. The van der Waals surface area contributed by atoms with Crippen LogP contribution in [-0.2, 0) is 4.79 Å². The molecule has 1 amide bonds. The van der Waals surface area contributed by atoms with Crippen molar-refractivity contribution in [2.45, 2.75) is 45.1 Å². The lowest BCUT2D eigenvalue weighted by Gasteiger charge is -2.28. The van der Waals surface area contributed by atoms with Gasteiger partial charge in [-0.15, -0.1) is 0 Å². The second-order valence-corrected chi connectivity index (χ2v) is 5.65. The fourth-order valence-corrected chi connectivity index (χ4v) is 2.52. The zero-order chi connectivity index (χ0) is 13.8. The average Bonchev–Trinajstić information content (AvgIpc) is 2.46. The van der Waals surface area contributed by atoms with Gasteiger partial charge in [0.25, 0.3) is 0 Å². The van der Waals surface area contributed by atoms with Crippen LogP contribution in [0.15, 0.2) is 24.3 Å². The molecule has 1 saturated heterocycles. The van der Waals surface area contributed by atoms with Gasteiger partial charge in [0, 0.05) is 12.7 Å². The first-order chi connectivity index (χ1) is 9.09. The number of hydrogen-bond acceptors (Lipinski definition) is 2. The molecule has 19 heavy (non-hydrogen) atoms. The lowest BCUT2D eigenvalue weighted by atomic mass is 10.0. The fourth-order valence-electron chi connectivity index (χ4n) is 2.52. The summed E-state index contributed by atoms with van der Waals surface area (Å²) in [6, 6.07) is 8.26. The van der Waals surface area contributed by atoms with Gasteiger partial charge in [-0.1, -0.05) is 32.4 Å². The molecule has 0 bridgehead atoms. The molecule has 1 atom stereocenters. The van der Waals surface area contributed by atoms with Crippen LogP contribution in [-0.4, -0.2) is 25.5 Å². The number of carbonyl (C=O) groups is 1. The molecule has 0 spiro atoms. The molecule has 0 aliphatic carbocycles. The topological polar surface area (TPSA) is 32.3 Å². The van der Waals surface area contributed by atoms with Crippen molar-refractivity contribution < 1.29 is 4.79 Å². The minimum atomic E-state index is -0.0125. The predicted molar refractivity (Wildman–Crippen MR) is 79.6 cm³/mol. The maximum atomic E-state index is 12.4. The maximum Gasteiger partial charge on any atom is 0.243 e. The molecule has 1 aromatic carbocycles. The van der Waals surface area contributed by atoms with Crippen LogP contribution in [0.25, 0.3) is 0 Å². The Bertz CT molecular complexity index is 436. The highest BCUT2D eigenvalue weighted by molar-refractivity contribution is 5.96. The van der Waals surface area contributed by atoms with E-state index in [1.54, 1.807) is 4.90 Å². The van der Waals surface area contributed by atoms with Crippen LogP contribution >= 0.6 is 0 Å². The summed E-state index contributed by atoms with van der Waals surface area (Å²) >= 11 is 0. The summed E-state index contributed by atoms with van der Waals surface area (Å²) in [5.74, 6) is 0.664. The second-order valence-electron chi connectivity index (χ2n) is 5.65. The predicted octanol–water partition coefficient (Wildman–Crippen LogP) is 2.91. The highest BCUT2D eigenvalue weighted by Crippen LogP contribution is 2.22. The van der Waals surface area contributed by atoms with Crippen molar-refractivity contribution in [2.75, 3.05) is 18.5 Å². The maximum absolute atomic E-state index is 12.4. The number of anilines is 1. The van der Waals surface area contributed by atoms with Gasteiger partial charge < -0.3 is 10.2 Å². The highest BCUT2D eigenvalue weighted by Gasteiger charge is 2.24. The van der Waals surface area contributed by atoms with Crippen LogP contribution in [0.3, 0.4) is 0 Å². The molecule has 1 N–H and O–H groups in total. The molecule has 1 aliphatic rings. The number of nitrogens with zero attached hydrogens (tertiary/aromatic N) is 1. The van der Waals surface area contributed by atoms with E-state index in [9.17, 15) is 4.79 Å². The monoisotopic (exact) mass is 260 g/mol. The summed E-state index contributed by atoms with van der Waals surface area (Å²) in [5.41, 5.74) is 2.26. The molecule has 3 nitrogen and oxygen atoms in total. The number of hydrogen-bond donors (Lipinski definition) is 1. The lowest BCUT2D eigenvalue weighted by molar-refractivity contribution is -0.120. The molecule has 1 aromatic rings. The number of benzene rings is 1. The van der Waals surface area contributed by atoms with Crippen LogP contribution in [0.5, 0.6) is 0 Å². The fraction of sp³-hybridized carbons (Fsp3) is 0.562. The molecule has 0 radical (unpaired) electrons. The standard InChI is InChI=1S/C16H24N2O/c1-12(2)13-7-6-8-14(11-13)18(3)16(19)15-9-4-5-10-17-15/h6-8,11-12,15,17H,4-5,9-10H2,1-3H3. The largest absolute Gasteiger partial charge is 0.314 e. The van der Waals surface area contributed by atoms with Gasteiger partial charge in [-0.3, -0.25) is 4.79 Å². The molecule has 3 heteroatoms. The summed E-state index contributed by atoms with van der Waals surface area (Å²) < 4.78 is 0.